The quantitative estimate of drug-likeness (QED) is 0.641. The van der Waals surface area contributed by atoms with Crippen LogP contribution in [0.3, 0.4) is 0 Å². The van der Waals surface area contributed by atoms with E-state index in [1.165, 1.54) is 18.2 Å². The first-order valence-electron chi connectivity index (χ1n) is 10.8. The Morgan fingerprint density at radius 3 is 2.94 bits per heavy atom. The lowest BCUT2D eigenvalue weighted by Crippen LogP contribution is -2.60. The summed E-state index contributed by atoms with van der Waals surface area (Å²) < 4.78 is 41.8. The third-order valence-corrected chi connectivity index (χ3v) is 7.77. The number of amides is 1. The number of carbonyl (C=O) groups excluding carboxylic acids is 1. The Labute approximate surface area is 181 Å². The SMILES string of the molecule is CC1C2N(C(=O)c3cccc(OC(F)(F)F)c3)C3CC(c4ncnc5[nH]ccc45)CCC132. The molecule has 1 N–H and O–H groups in total. The summed E-state index contributed by atoms with van der Waals surface area (Å²) in [5.41, 5.74) is 2.15. The van der Waals surface area contributed by atoms with Crippen LogP contribution in [-0.4, -0.2) is 44.2 Å². The number of aromatic amines is 1. The molecule has 6 nitrogen and oxygen atoms in total. The Kier molecular flexibility index (Phi) is 3.95. The van der Waals surface area contributed by atoms with E-state index in [-0.39, 0.29) is 40.6 Å². The van der Waals surface area contributed by atoms with Crippen molar-refractivity contribution < 1.29 is 22.7 Å². The fourth-order valence-electron chi connectivity index (χ4n) is 6.40. The number of alkyl halides is 3. The molecular formula is C23H21F3N4O2. The zero-order chi connectivity index (χ0) is 22.3. The first kappa shape index (κ1) is 19.6. The van der Waals surface area contributed by atoms with Crippen LogP contribution < -0.4 is 4.74 Å². The zero-order valence-corrected chi connectivity index (χ0v) is 17.3. The molecule has 2 aliphatic carbocycles. The molecule has 166 valence electrons. The summed E-state index contributed by atoms with van der Waals surface area (Å²) >= 11 is 0. The molecule has 3 fully saturated rings. The number of halogens is 3. The second-order valence-corrected chi connectivity index (χ2v) is 9.12. The molecule has 3 aromatic rings. The molecule has 32 heavy (non-hydrogen) atoms. The van der Waals surface area contributed by atoms with Crippen LogP contribution in [0, 0.1) is 11.3 Å². The number of aromatic nitrogens is 3. The van der Waals surface area contributed by atoms with Crippen LogP contribution in [-0.2, 0) is 0 Å². The van der Waals surface area contributed by atoms with E-state index in [2.05, 4.69) is 26.6 Å². The molecule has 0 bridgehead atoms. The Hall–Kier alpha value is -3.10. The molecule has 0 radical (unpaired) electrons. The monoisotopic (exact) mass is 442 g/mol. The van der Waals surface area contributed by atoms with Crippen LogP contribution in [0.15, 0.2) is 42.9 Å². The number of likely N-dealkylation sites (tertiary alicyclic amines) is 1. The van der Waals surface area contributed by atoms with Gasteiger partial charge in [-0.1, -0.05) is 13.0 Å². The highest BCUT2D eigenvalue weighted by Gasteiger charge is 2.79. The van der Waals surface area contributed by atoms with Gasteiger partial charge < -0.3 is 14.6 Å². The lowest BCUT2D eigenvalue weighted by atomic mass is 9.68. The lowest BCUT2D eigenvalue weighted by molar-refractivity contribution is -0.274. The van der Waals surface area contributed by atoms with Gasteiger partial charge in [0.2, 0.25) is 0 Å². The topological polar surface area (TPSA) is 71.1 Å². The average Bonchev–Trinajstić information content (AvgIpc) is 3.07. The fourth-order valence-corrected chi connectivity index (χ4v) is 6.40. The van der Waals surface area contributed by atoms with Crippen LogP contribution in [0.5, 0.6) is 5.75 Å². The Morgan fingerprint density at radius 1 is 1.28 bits per heavy atom. The fraction of sp³-hybridized carbons (Fsp3) is 0.435. The highest BCUT2D eigenvalue weighted by Crippen LogP contribution is 2.74. The number of ether oxygens (including phenoxy) is 1. The highest BCUT2D eigenvalue weighted by molar-refractivity contribution is 5.96. The first-order chi connectivity index (χ1) is 15.3. The van der Waals surface area contributed by atoms with Crippen molar-refractivity contribution in [1.82, 2.24) is 19.9 Å². The van der Waals surface area contributed by atoms with Crippen molar-refractivity contribution in [2.24, 2.45) is 11.3 Å². The number of fused-ring (bicyclic) bond motifs is 1. The van der Waals surface area contributed by atoms with Crippen molar-refractivity contribution in [3.63, 3.8) is 0 Å². The normalized spacial score (nSPS) is 30.9. The molecule has 6 rings (SSSR count). The van der Waals surface area contributed by atoms with Crippen molar-refractivity contribution in [2.75, 3.05) is 0 Å². The van der Waals surface area contributed by atoms with Gasteiger partial charge in [-0.25, -0.2) is 9.97 Å². The first-order valence-corrected chi connectivity index (χ1v) is 10.8. The molecule has 2 saturated carbocycles. The van der Waals surface area contributed by atoms with Gasteiger partial charge in [0.25, 0.3) is 5.91 Å². The number of nitrogens with zero attached hydrogens (tertiary/aromatic N) is 3. The zero-order valence-electron chi connectivity index (χ0n) is 17.3. The highest BCUT2D eigenvalue weighted by atomic mass is 19.4. The largest absolute Gasteiger partial charge is 0.573 e. The summed E-state index contributed by atoms with van der Waals surface area (Å²) in [6, 6.07) is 7.55. The summed E-state index contributed by atoms with van der Waals surface area (Å²) in [5.74, 6) is -0.0142. The summed E-state index contributed by atoms with van der Waals surface area (Å²) in [7, 11) is 0. The maximum Gasteiger partial charge on any atom is 0.573 e. The van der Waals surface area contributed by atoms with E-state index in [0.717, 1.165) is 36.0 Å². The molecule has 1 aliphatic heterocycles. The van der Waals surface area contributed by atoms with Crippen molar-refractivity contribution in [2.45, 2.75) is 50.6 Å². The minimum atomic E-state index is -4.80. The van der Waals surface area contributed by atoms with E-state index in [9.17, 15) is 18.0 Å². The number of benzene rings is 1. The van der Waals surface area contributed by atoms with Crippen LogP contribution in [0.4, 0.5) is 13.2 Å². The molecule has 2 aromatic heterocycles. The molecule has 5 atom stereocenters. The van der Waals surface area contributed by atoms with Gasteiger partial charge in [0, 0.05) is 40.6 Å². The summed E-state index contributed by atoms with van der Waals surface area (Å²) in [6.45, 7) is 2.17. The van der Waals surface area contributed by atoms with Gasteiger partial charge in [-0.05, 0) is 49.4 Å². The molecule has 1 saturated heterocycles. The molecule has 1 spiro atoms. The maximum atomic E-state index is 13.4. The lowest BCUT2D eigenvalue weighted by Gasteiger charge is -2.52. The molecule has 1 amide bonds. The van der Waals surface area contributed by atoms with E-state index < -0.39 is 6.36 Å². The van der Waals surface area contributed by atoms with Gasteiger partial charge >= 0.3 is 6.36 Å². The average molecular weight is 442 g/mol. The number of hydrogen-bond donors (Lipinski definition) is 1. The van der Waals surface area contributed by atoms with Gasteiger partial charge in [-0.2, -0.15) is 0 Å². The third kappa shape index (κ3) is 2.69. The van der Waals surface area contributed by atoms with E-state index >= 15 is 0 Å². The predicted octanol–water partition coefficient (Wildman–Crippen LogP) is 4.65. The maximum absolute atomic E-state index is 13.4. The van der Waals surface area contributed by atoms with Gasteiger partial charge in [0.05, 0.1) is 5.69 Å². The summed E-state index contributed by atoms with van der Waals surface area (Å²) in [5, 5.41) is 1.00. The van der Waals surface area contributed by atoms with Crippen molar-refractivity contribution in [3.05, 3.63) is 54.1 Å². The summed E-state index contributed by atoms with van der Waals surface area (Å²) in [6.07, 6.45) is 1.44. The van der Waals surface area contributed by atoms with Crippen LogP contribution in [0.2, 0.25) is 0 Å². The van der Waals surface area contributed by atoms with Crippen LogP contribution in [0.25, 0.3) is 11.0 Å². The molecular weight excluding hydrogens is 421 g/mol. The molecule has 9 heteroatoms. The smallest absolute Gasteiger partial charge is 0.406 e. The van der Waals surface area contributed by atoms with Crippen molar-refractivity contribution >= 4 is 16.9 Å². The Bertz CT molecular complexity index is 1230. The predicted molar refractivity (Wildman–Crippen MR) is 109 cm³/mol. The molecule has 1 aromatic carbocycles. The van der Waals surface area contributed by atoms with Gasteiger partial charge in [-0.3, -0.25) is 4.79 Å². The van der Waals surface area contributed by atoms with E-state index in [1.807, 2.05) is 17.2 Å². The second kappa shape index (κ2) is 6.46. The number of rotatable bonds is 3. The van der Waals surface area contributed by atoms with E-state index in [1.54, 1.807) is 12.4 Å². The van der Waals surface area contributed by atoms with Gasteiger partial charge in [-0.15, -0.1) is 13.2 Å². The van der Waals surface area contributed by atoms with Gasteiger partial charge in [0.15, 0.2) is 0 Å². The number of H-pyrrole nitrogens is 1. The van der Waals surface area contributed by atoms with E-state index in [4.69, 9.17) is 0 Å². The Balaban J connectivity index is 1.27. The minimum Gasteiger partial charge on any atom is -0.406 e. The minimum absolute atomic E-state index is 0.0601. The van der Waals surface area contributed by atoms with E-state index in [0.29, 0.717) is 5.92 Å². The van der Waals surface area contributed by atoms with Gasteiger partial charge in [0.1, 0.15) is 17.7 Å². The summed E-state index contributed by atoms with van der Waals surface area (Å²) in [4.78, 5) is 27.2. The number of carbonyl (C=O) groups is 1. The molecule has 3 heterocycles. The standard InChI is InChI=1S/C23H21F3N4O2/c1-12-19-22(12)7-5-13(18-16-6-8-27-20(16)29-11-28-18)10-17(22)30(19)21(31)14-3-2-4-15(9-14)32-23(24,25)26/h2-4,6,8-9,11-13,17,19H,5,7,10H2,1H3,(H,27,28,29). The van der Waals surface area contributed by atoms with Crippen LogP contribution in [0.1, 0.15) is 48.2 Å². The third-order valence-electron chi connectivity index (χ3n) is 7.77. The molecule has 3 aliphatic rings. The van der Waals surface area contributed by atoms with Crippen LogP contribution >= 0.6 is 0 Å². The number of hydrogen-bond acceptors (Lipinski definition) is 4. The Morgan fingerprint density at radius 2 is 2.12 bits per heavy atom. The van der Waals surface area contributed by atoms with Crippen molar-refractivity contribution in [3.8, 4) is 5.75 Å². The number of nitrogens with one attached hydrogen (secondary N) is 1. The molecule has 5 unspecified atom stereocenters. The van der Waals surface area contributed by atoms with Crippen molar-refractivity contribution in [1.29, 1.82) is 0 Å². The second-order valence-electron chi connectivity index (χ2n) is 9.12.